The average molecular weight is 991 g/mol. The van der Waals surface area contributed by atoms with Crippen molar-refractivity contribution in [2.45, 2.75) is 386 Å². The number of carbonyl (C=O) groups excluding carboxylic acids is 2. The van der Waals surface area contributed by atoms with Crippen LogP contribution in [0.4, 0.5) is 0 Å². The van der Waals surface area contributed by atoms with Gasteiger partial charge in [0.05, 0.1) is 25.4 Å². The zero-order chi connectivity index (χ0) is 50.7. The van der Waals surface area contributed by atoms with Gasteiger partial charge < -0.3 is 20.3 Å². The maximum atomic E-state index is 12.4. The molecule has 3 N–H and O–H groups in total. The van der Waals surface area contributed by atoms with E-state index in [0.717, 1.165) is 38.5 Å². The summed E-state index contributed by atoms with van der Waals surface area (Å²) in [6.07, 6.45) is 71.4. The highest BCUT2D eigenvalue weighted by Crippen LogP contribution is 2.19. The van der Waals surface area contributed by atoms with Gasteiger partial charge in [0.2, 0.25) is 5.91 Å². The first-order chi connectivity index (χ1) is 34.5. The van der Waals surface area contributed by atoms with Crippen LogP contribution in [-0.4, -0.2) is 47.4 Å². The fourth-order valence-electron chi connectivity index (χ4n) is 10.5. The molecule has 0 saturated heterocycles. The topological polar surface area (TPSA) is 95.9 Å². The Balaban J connectivity index is 3.29. The van der Waals surface area contributed by atoms with Crippen LogP contribution in [0.5, 0.6) is 0 Å². The van der Waals surface area contributed by atoms with Gasteiger partial charge >= 0.3 is 5.97 Å². The van der Waals surface area contributed by atoms with Crippen LogP contribution < -0.4 is 5.32 Å². The van der Waals surface area contributed by atoms with Crippen LogP contribution in [0.1, 0.15) is 373 Å². The van der Waals surface area contributed by atoms with Gasteiger partial charge in [-0.15, -0.1) is 0 Å². The molecule has 0 aromatic carbocycles. The van der Waals surface area contributed by atoms with Crippen LogP contribution in [0, 0.1) is 0 Å². The first kappa shape index (κ1) is 68.9. The van der Waals surface area contributed by atoms with E-state index in [-0.39, 0.29) is 18.5 Å². The van der Waals surface area contributed by atoms with Crippen molar-refractivity contribution in [1.29, 1.82) is 0 Å². The third-order valence-electron chi connectivity index (χ3n) is 15.4. The van der Waals surface area contributed by atoms with Gasteiger partial charge in [0.25, 0.3) is 0 Å². The van der Waals surface area contributed by atoms with Crippen molar-refractivity contribution in [2.75, 3.05) is 13.2 Å². The van der Waals surface area contributed by atoms with E-state index in [4.69, 9.17) is 4.74 Å². The summed E-state index contributed by atoms with van der Waals surface area (Å²) in [6, 6.07) is -0.535. The number of hydrogen-bond acceptors (Lipinski definition) is 5. The van der Waals surface area contributed by atoms with Crippen LogP contribution in [0.25, 0.3) is 0 Å². The number of aliphatic hydroxyl groups is 2. The molecule has 2 unspecified atom stereocenters. The van der Waals surface area contributed by atoms with E-state index in [1.807, 2.05) is 0 Å². The Labute approximate surface area is 438 Å². The van der Waals surface area contributed by atoms with Gasteiger partial charge in [0.1, 0.15) is 0 Å². The molecule has 70 heavy (non-hydrogen) atoms. The maximum Gasteiger partial charge on any atom is 0.305 e. The minimum atomic E-state index is -0.658. The predicted molar refractivity (Wildman–Crippen MR) is 306 cm³/mol. The second-order valence-electron chi connectivity index (χ2n) is 22.5. The Kier molecular flexibility index (Phi) is 59.4. The molecule has 6 nitrogen and oxygen atoms in total. The van der Waals surface area contributed by atoms with Gasteiger partial charge in [0.15, 0.2) is 0 Å². The van der Waals surface area contributed by atoms with Gasteiger partial charge in [-0.25, -0.2) is 0 Å². The van der Waals surface area contributed by atoms with Gasteiger partial charge in [-0.2, -0.15) is 0 Å². The highest BCUT2D eigenvalue weighted by atomic mass is 16.5. The molecule has 0 saturated carbocycles. The zero-order valence-electron chi connectivity index (χ0n) is 47.8. The molecule has 0 spiro atoms. The molecular formula is C64H127NO5. The molecule has 6 heteroatoms. The second kappa shape index (κ2) is 60.4. The van der Waals surface area contributed by atoms with Crippen molar-refractivity contribution in [3.63, 3.8) is 0 Å². The van der Waals surface area contributed by atoms with E-state index in [0.29, 0.717) is 25.9 Å². The fraction of sp³-hybridized carbons (Fsp3) is 0.969. The summed E-state index contributed by atoms with van der Waals surface area (Å²) in [5.74, 6) is -0.00841. The van der Waals surface area contributed by atoms with E-state index in [2.05, 4.69) is 19.2 Å². The third kappa shape index (κ3) is 56.2. The largest absolute Gasteiger partial charge is 0.466 e. The van der Waals surface area contributed by atoms with Crippen molar-refractivity contribution >= 4 is 11.9 Å². The van der Waals surface area contributed by atoms with Crippen molar-refractivity contribution in [3.8, 4) is 0 Å². The van der Waals surface area contributed by atoms with Crippen molar-refractivity contribution in [2.24, 2.45) is 0 Å². The molecule has 418 valence electrons. The Morgan fingerprint density at radius 2 is 0.586 bits per heavy atom. The molecule has 0 aliphatic carbocycles. The van der Waals surface area contributed by atoms with Crippen LogP contribution in [0.3, 0.4) is 0 Å². The highest BCUT2D eigenvalue weighted by Gasteiger charge is 2.20. The lowest BCUT2D eigenvalue weighted by atomic mass is 10.0. The second-order valence-corrected chi connectivity index (χ2v) is 22.5. The predicted octanol–water partition coefficient (Wildman–Crippen LogP) is 20.3. The Morgan fingerprint density at radius 1 is 0.343 bits per heavy atom. The quantitative estimate of drug-likeness (QED) is 0.0417. The monoisotopic (exact) mass is 990 g/mol. The van der Waals surface area contributed by atoms with Crippen LogP contribution >= 0.6 is 0 Å². The van der Waals surface area contributed by atoms with E-state index in [1.54, 1.807) is 0 Å². The summed E-state index contributed by atoms with van der Waals surface area (Å²) in [5.41, 5.74) is 0. The molecule has 0 rings (SSSR count). The van der Waals surface area contributed by atoms with Gasteiger partial charge in [0, 0.05) is 12.8 Å². The summed E-state index contributed by atoms with van der Waals surface area (Å²) < 4.78 is 5.47. The molecular weight excluding hydrogens is 863 g/mol. The first-order valence-electron chi connectivity index (χ1n) is 32.3. The number of nitrogens with one attached hydrogen (secondary N) is 1. The number of ether oxygens (including phenoxy) is 1. The molecule has 0 aromatic heterocycles. The summed E-state index contributed by atoms with van der Waals surface area (Å²) in [4.78, 5) is 24.4. The smallest absolute Gasteiger partial charge is 0.305 e. The molecule has 0 radical (unpaired) electrons. The zero-order valence-corrected chi connectivity index (χ0v) is 47.8. The number of rotatable bonds is 61. The SMILES string of the molecule is CCCCCCCCCCCCCC(=O)OCCCCCCCCCCCCCCCCCCCCCCCCCCCCCCCCCC(=O)NC(CO)C(O)CCCCCCCCCCCCC. The maximum absolute atomic E-state index is 12.4. The van der Waals surface area contributed by atoms with Gasteiger partial charge in [-0.1, -0.05) is 335 Å². The fourth-order valence-corrected chi connectivity index (χ4v) is 10.5. The molecule has 0 aromatic rings. The third-order valence-corrected chi connectivity index (χ3v) is 15.4. The lowest BCUT2D eigenvalue weighted by molar-refractivity contribution is -0.143. The molecule has 2 atom stereocenters. The average Bonchev–Trinajstić information content (AvgIpc) is 3.36. The standard InChI is InChI=1S/C64H127NO5/c1-3-5-7-9-11-13-36-40-44-48-52-56-62(67)61(60-66)65-63(68)57-53-49-45-41-38-34-32-30-28-26-24-22-20-18-16-15-17-19-21-23-25-27-29-31-33-35-39-43-47-51-55-59-70-64(69)58-54-50-46-42-37-14-12-10-8-6-4-2/h61-62,66-67H,3-60H2,1-2H3,(H,65,68). The van der Waals surface area contributed by atoms with Crippen LogP contribution in [0.15, 0.2) is 0 Å². The van der Waals surface area contributed by atoms with Crippen LogP contribution in [-0.2, 0) is 14.3 Å². The first-order valence-corrected chi connectivity index (χ1v) is 32.3. The summed E-state index contributed by atoms with van der Waals surface area (Å²) >= 11 is 0. The molecule has 0 heterocycles. The van der Waals surface area contributed by atoms with Gasteiger partial charge in [-0.05, 0) is 25.7 Å². The number of amides is 1. The van der Waals surface area contributed by atoms with Crippen molar-refractivity contribution < 1.29 is 24.5 Å². The number of carbonyl (C=O) groups is 2. The molecule has 0 aliphatic heterocycles. The number of hydrogen-bond donors (Lipinski definition) is 3. The molecule has 0 fully saturated rings. The lowest BCUT2D eigenvalue weighted by Crippen LogP contribution is -2.45. The summed E-state index contributed by atoms with van der Waals surface area (Å²) in [5, 5.41) is 23.2. The Morgan fingerprint density at radius 3 is 0.871 bits per heavy atom. The molecule has 0 bridgehead atoms. The number of unbranched alkanes of at least 4 members (excludes halogenated alkanes) is 50. The minimum absolute atomic E-state index is 0.0211. The van der Waals surface area contributed by atoms with Crippen molar-refractivity contribution in [1.82, 2.24) is 5.32 Å². The van der Waals surface area contributed by atoms with Gasteiger partial charge in [-0.3, -0.25) is 9.59 Å². The molecule has 0 aliphatic rings. The van der Waals surface area contributed by atoms with E-state index in [9.17, 15) is 19.8 Å². The Hall–Kier alpha value is -1.14. The molecule has 1 amide bonds. The number of aliphatic hydroxyl groups excluding tert-OH is 2. The summed E-state index contributed by atoms with van der Waals surface area (Å²) in [7, 11) is 0. The summed E-state index contributed by atoms with van der Waals surface area (Å²) in [6.45, 7) is 4.97. The minimum Gasteiger partial charge on any atom is -0.466 e. The lowest BCUT2D eigenvalue weighted by Gasteiger charge is -2.22. The van der Waals surface area contributed by atoms with Crippen LogP contribution in [0.2, 0.25) is 0 Å². The normalized spacial score (nSPS) is 12.5. The van der Waals surface area contributed by atoms with E-state index < -0.39 is 12.1 Å². The number of esters is 1. The highest BCUT2D eigenvalue weighted by molar-refractivity contribution is 5.76. The Bertz CT molecular complexity index is 1010. The van der Waals surface area contributed by atoms with Crippen molar-refractivity contribution in [3.05, 3.63) is 0 Å². The van der Waals surface area contributed by atoms with E-state index >= 15 is 0 Å². The van der Waals surface area contributed by atoms with E-state index in [1.165, 1.54) is 302 Å².